The second kappa shape index (κ2) is 8.38. The zero-order valence-corrected chi connectivity index (χ0v) is 19.4. The van der Waals surface area contributed by atoms with Crippen molar-refractivity contribution in [3.05, 3.63) is 96.8 Å². The minimum absolute atomic E-state index is 0.565. The third kappa shape index (κ3) is 3.43. The van der Waals surface area contributed by atoms with Crippen molar-refractivity contribution in [1.82, 2.24) is 19.5 Å². The summed E-state index contributed by atoms with van der Waals surface area (Å²) in [7, 11) is 0. The lowest BCUT2D eigenvalue weighted by molar-refractivity contribution is 0.555. The highest BCUT2D eigenvalue weighted by atomic mass is 15.0. The monoisotopic (exact) mass is 442 g/mol. The van der Waals surface area contributed by atoms with Crippen LogP contribution in [0.1, 0.15) is 26.0 Å². The molecule has 0 aliphatic carbocycles. The highest BCUT2D eigenvalue weighted by Crippen LogP contribution is 2.33. The quantitative estimate of drug-likeness (QED) is 0.280. The summed E-state index contributed by atoms with van der Waals surface area (Å²) in [4.78, 5) is 14.9. The van der Waals surface area contributed by atoms with Gasteiger partial charge in [-0.2, -0.15) is 0 Å². The molecule has 166 valence electrons. The summed E-state index contributed by atoms with van der Waals surface area (Å²) in [6, 6.07) is 29.4. The highest BCUT2D eigenvalue weighted by Gasteiger charge is 2.16. The molecule has 3 aromatic carbocycles. The van der Waals surface area contributed by atoms with Crippen molar-refractivity contribution in [3.8, 4) is 17.1 Å². The number of para-hydroxylation sites is 3. The summed E-state index contributed by atoms with van der Waals surface area (Å²) in [5.74, 6) is 1.30. The third-order valence-electron chi connectivity index (χ3n) is 6.71. The first-order valence-corrected chi connectivity index (χ1v) is 11.9. The lowest BCUT2D eigenvalue weighted by atomic mass is 10.00. The van der Waals surface area contributed by atoms with Gasteiger partial charge in [-0.3, -0.25) is 4.57 Å². The van der Waals surface area contributed by atoms with E-state index in [-0.39, 0.29) is 0 Å². The molecule has 0 N–H and O–H groups in total. The summed E-state index contributed by atoms with van der Waals surface area (Å²) >= 11 is 0. The molecule has 0 saturated carbocycles. The minimum atomic E-state index is 0.565. The summed E-state index contributed by atoms with van der Waals surface area (Å²) in [6.07, 6.45) is 3.98. The van der Waals surface area contributed by atoms with Crippen molar-refractivity contribution in [3.63, 3.8) is 0 Å². The van der Waals surface area contributed by atoms with E-state index < -0.39 is 0 Å². The van der Waals surface area contributed by atoms with Gasteiger partial charge in [0.15, 0.2) is 5.82 Å². The molecule has 34 heavy (non-hydrogen) atoms. The van der Waals surface area contributed by atoms with Crippen LogP contribution in [-0.4, -0.2) is 19.5 Å². The predicted octanol–water partition coefficient (Wildman–Crippen LogP) is 7.38. The Balaban J connectivity index is 1.58. The fraction of sp³-hybridized carbons (Fsp3) is 0.167. The molecular weight excluding hydrogens is 416 g/mol. The summed E-state index contributed by atoms with van der Waals surface area (Å²) in [5, 5.41) is 3.43. The van der Waals surface area contributed by atoms with Gasteiger partial charge in [0.25, 0.3) is 0 Å². The van der Waals surface area contributed by atoms with E-state index in [1.807, 2.05) is 18.3 Å². The van der Waals surface area contributed by atoms with Crippen molar-refractivity contribution in [2.75, 3.05) is 0 Å². The number of rotatable bonds is 5. The smallest absolute Gasteiger partial charge is 0.161 e. The van der Waals surface area contributed by atoms with Crippen LogP contribution >= 0.6 is 0 Å². The van der Waals surface area contributed by atoms with E-state index in [9.17, 15) is 0 Å². The molecule has 1 atom stereocenters. The topological polar surface area (TPSA) is 43.6 Å². The molecule has 0 aliphatic rings. The van der Waals surface area contributed by atoms with Crippen LogP contribution in [0.2, 0.25) is 0 Å². The molecule has 0 aliphatic heterocycles. The molecule has 0 amide bonds. The number of hydrogen-bond donors (Lipinski definition) is 0. The van der Waals surface area contributed by atoms with E-state index in [0.717, 1.165) is 63.1 Å². The number of pyridine rings is 1. The summed E-state index contributed by atoms with van der Waals surface area (Å²) in [5.41, 5.74) is 6.23. The zero-order valence-electron chi connectivity index (χ0n) is 19.4. The Kier molecular flexibility index (Phi) is 5.06. The first-order valence-electron chi connectivity index (χ1n) is 11.9. The van der Waals surface area contributed by atoms with E-state index in [4.69, 9.17) is 15.0 Å². The van der Waals surface area contributed by atoms with Gasteiger partial charge in [-0.25, -0.2) is 15.0 Å². The van der Waals surface area contributed by atoms with Crippen molar-refractivity contribution in [1.29, 1.82) is 0 Å². The normalized spacial score (nSPS) is 12.5. The molecule has 3 heterocycles. The van der Waals surface area contributed by atoms with Crippen LogP contribution in [0.25, 0.3) is 49.9 Å². The van der Waals surface area contributed by atoms with Gasteiger partial charge in [0.2, 0.25) is 0 Å². The van der Waals surface area contributed by atoms with E-state index >= 15 is 0 Å². The Labute approximate surface area is 198 Å². The largest absolute Gasteiger partial charge is 0.294 e. The molecule has 4 heteroatoms. The number of hydrogen-bond acceptors (Lipinski definition) is 3. The Bertz CT molecular complexity index is 1630. The first-order chi connectivity index (χ1) is 16.7. The maximum atomic E-state index is 5.05. The van der Waals surface area contributed by atoms with Crippen LogP contribution in [-0.2, 0) is 6.42 Å². The number of benzene rings is 3. The van der Waals surface area contributed by atoms with Crippen LogP contribution in [0.3, 0.4) is 0 Å². The molecule has 0 radical (unpaired) electrons. The maximum absolute atomic E-state index is 5.05. The average molecular weight is 443 g/mol. The van der Waals surface area contributed by atoms with Crippen LogP contribution in [0.5, 0.6) is 0 Å². The summed E-state index contributed by atoms with van der Waals surface area (Å²) < 4.78 is 2.23. The average Bonchev–Trinajstić information content (AvgIpc) is 3.22. The molecule has 0 spiro atoms. The van der Waals surface area contributed by atoms with Crippen LogP contribution in [0.4, 0.5) is 0 Å². The van der Waals surface area contributed by atoms with Gasteiger partial charge in [-0.05, 0) is 42.7 Å². The summed E-state index contributed by atoms with van der Waals surface area (Å²) in [6.45, 7) is 4.51. The molecule has 6 aromatic rings. The number of fused-ring (bicyclic) bond motifs is 4. The molecular formula is C30H26N4. The Morgan fingerprint density at radius 2 is 1.53 bits per heavy atom. The standard InChI is InChI=1S/C30H26N4/c1-3-20(2)17-27-24-14-7-9-15-26(24)32-29(33-27)21-18-25-23-13-8-10-16-28(23)34(30(25)31-19-21)22-11-5-4-6-12-22/h4-16,18-20H,3,17H2,1-2H3. The fourth-order valence-electron chi connectivity index (χ4n) is 4.71. The Morgan fingerprint density at radius 3 is 2.35 bits per heavy atom. The lowest BCUT2D eigenvalue weighted by Crippen LogP contribution is -2.04. The van der Waals surface area contributed by atoms with E-state index in [0.29, 0.717) is 5.92 Å². The van der Waals surface area contributed by atoms with Crippen LogP contribution in [0.15, 0.2) is 91.1 Å². The molecule has 4 nitrogen and oxygen atoms in total. The highest BCUT2D eigenvalue weighted by molar-refractivity contribution is 6.08. The SMILES string of the molecule is CCC(C)Cc1nc(-c2cnc3c(c2)c2ccccc2n3-c2ccccc2)nc2ccccc12. The van der Waals surface area contributed by atoms with Gasteiger partial charge in [0.1, 0.15) is 5.65 Å². The molecule has 3 aromatic heterocycles. The van der Waals surface area contributed by atoms with Crippen molar-refractivity contribution in [2.24, 2.45) is 5.92 Å². The first kappa shape index (κ1) is 20.5. The minimum Gasteiger partial charge on any atom is -0.294 e. The van der Waals surface area contributed by atoms with Gasteiger partial charge in [0.05, 0.1) is 16.7 Å². The van der Waals surface area contributed by atoms with Gasteiger partial charge in [-0.15, -0.1) is 0 Å². The van der Waals surface area contributed by atoms with Gasteiger partial charge in [-0.1, -0.05) is 74.9 Å². The van der Waals surface area contributed by atoms with Crippen LogP contribution < -0.4 is 0 Å². The molecule has 6 rings (SSSR count). The predicted molar refractivity (Wildman–Crippen MR) is 140 cm³/mol. The maximum Gasteiger partial charge on any atom is 0.161 e. The zero-order chi connectivity index (χ0) is 23.1. The Morgan fingerprint density at radius 1 is 0.794 bits per heavy atom. The third-order valence-corrected chi connectivity index (χ3v) is 6.71. The molecule has 0 saturated heterocycles. The van der Waals surface area contributed by atoms with Crippen molar-refractivity contribution < 1.29 is 0 Å². The van der Waals surface area contributed by atoms with Crippen molar-refractivity contribution in [2.45, 2.75) is 26.7 Å². The lowest BCUT2D eigenvalue weighted by Gasteiger charge is -2.12. The van der Waals surface area contributed by atoms with Crippen molar-refractivity contribution >= 4 is 32.8 Å². The van der Waals surface area contributed by atoms with E-state index in [1.165, 1.54) is 5.39 Å². The van der Waals surface area contributed by atoms with Gasteiger partial charge in [0, 0.05) is 33.6 Å². The second-order valence-corrected chi connectivity index (χ2v) is 9.01. The molecule has 0 bridgehead atoms. The second-order valence-electron chi connectivity index (χ2n) is 9.01. The van der Waals surface area contributed by atoms with Gasteiger partial charge < -0.3 is 0 Å². The van der Waals surface area contributed by atoms with Gasteiger partial charge >= 0.3 is 0 Å². The molecule has 0 fully saturated rings. The fourth-order valence-corrected chi connectivity index (χ4v) is 4.71. The van der Waals surface area contributed by atoms with Crippen LogP contribution in [0, 0.1) is 5.92 Å². The van der Waals surface area contributed by atoms with E-state index in [2.05, 4.69) is 91.2 Å². The Hall–Kier alpha value is -4.05. The van der Waals surface area contributed by atoms with E-state index in [1.54, 1.807) is 0 Å². The number of aromatic nitrogens is 4. The number of nitrogens with zero attached hydrogens (tertiary/aromatic N) is 4. The molecule has 1 unspecified atom stereocenters.